The number of carbonyl (C=O) groups is 1. The summed E-state index contributed by atoms with van der Waals surface area (Å²) in [7, 11) is 0. The molecule has 1 amide bonds. The van der Waals surface area contributed by atoms with Crippen LogP contribution in [0, 0.1) is 6.92 Å². The van der Waals surface area contributed by atoms with E-state index in [2.05, 4.69) is 20.5 Å². The molecule has 0 saturated carbocycles. The van der Waals surface area contributed by atoms with Crippen molar-refractivity contribution in [3.05, 3.63) is 35.5 Å². The molecule has 1 aliphatic rings. The highest BCUT2D eigenvalue weighted by molar-refractivity contribution is 5.92. The summed E-state index contributed by atoms with van der Waals surface area (Å²) in [5.74, 6) is 0.459. The van der Waals surface area contributed by atoms with Gasteiger partial charge in [-0.2, -0.15) is 5.10 Å². The van der Waals surface area contributed by atoms with Gasteiger partial charge < -0.3 is 14.6 Å². The van der Waals surface area contributed by atoms with Crippen molar-refractivity contribution in [3.63, 3.8) is 0 Å². The number of aryl methyl sites for hydroxylation is 1. The number of hydrogen-bond acceptors (Lipinski definition) is 6. The van der Waals surface area contributed by atoms with Crippen LogP contribution in [0.3, 0.4) is 0 Å². The maximum atomic E-state index is 12.2. The van der Waals surface area contributed by atoms with E-state index in [1.54, 1.807) is 12.3 Å². The molecular formula is C16H23N5O3. The number of carbonyl (C=O) groups excluding carboxylic acids is 1. The van der Waals surface area contributed by atoms with Gasteiger partial charge in [0.15, 0.2) is 11.5 Å². The molecule has 1 aliphatic heterocycles. The number of ether oxygens (including phenoxy) is 1. The van der Waals surface area contributed by atoms with Crippen LogP contribution in [-0.4, -0.2) is 58.6 Å². The molecule has 1 fully saturated rings. The van der Waals surface area contributed by atoms with E-state index in [0.29, 0.717) is 24.5 Å². The van der Waals surface area contributed by atoms with Crippen molar-refractivity contribution < 1.29 is 14.1 Å². The Bertz CT molecular complexity index is 675. The first-order valence-corrected chi connectivity index (χ1v) is 8.16. The van der Waals surface area contributed by atoms with Crippen LogP contribution in [0.4, 0.5) is 0 Å². The van der Waals surface area contributed by atoms with Gasteiger partial charge >= 0.3 is 0 Å². The molecule has 24 heavy (non-hydrogen) atoms. The number of nitrogens with one attached hydrogen (secondary N) is 1. The zero-order chi connectivity index (χ0) is 16.9. The van der Waals surface area contributed by atoms with Gasteiger partial charge in [-0.1, -0.05) is 5.16 Å². The van der Waals surface area contributed by atoms with Crippen LogP contribution in [0.25, 0.3) is 0 Å². The van der Waals surface area contributed by atoms with E-state index in [-0.39, 0.29) is 11.9 Å². The lowest BCUT2D eigenvalue weighted by molar-refractivity contribution is 0.0305. The molecule has 1 unspecified atom stereocenters. The summed E-state index contributed by atoms with van der Waals surface area (Å²) in [5.41, 5.74) is 1.40. The lowest BCUT2D eigenvalue weighted by Gasteiger charge is -2.25. The molecular weight excluding hydrogens is 310 g/mol. The number of rotatable bonds is 6. The van der Waals surface area contributed by atoms with Gasteiger partial charge in [-0.15, -0.1) is 0 Å². The lowest BCUT2D eigenvalue weighted by atomic mass is 10.3. The van der Waals surface area contributed by atoms with Crippen LogP contribution in [-0.2, 0) is 11.3 Å². The summed E-state index contributed by atoms with van der Waals surface area (Å²) >= 11 is 0. The molecule has 0 spiro atoms. The van der Waals surface area contributed by atoms with Gasteiger partial charge in [0.2, 0.25) is 0 Å². The Morgan fingerprint density at radius 2 is 2.21 bits per heavy atom. The second kappa shape index (κ2) is 7.59. The van der Waals surface area contributed by atoms with Gasteiger partial charge in [0, 0.05) is 31.9 Å². The van der Waals surface area contributed by atoms with Crippen LogP contribution >= 0.6 is 0 Å². The second-order valence-electron chi connectivity index (χ2n) is 6.12. The SMILES string of the molecule is Cc1cnn(C(C)CNC(=O)c2cc(CN3CCOCC3)on2)c1. The second-order valence-corrected chi connectivity index (χ2v) is 6.12. The Hall–Kier alpha value is -2.19. The minimum Gasteiger partial charge on any atom is -0.379 e. The van der Waals surface area contributed by atoms with Gasteiger partial charge in [0.05, 0.1) is 32.0 Å². The van der Waals surface area contributed by atoms with Crippen LogP contribution in [0.2, 0.25) is 0 Å². The molecule has 130 valence electrons. The molecule has 0 radical (unpaired) electrons. The zero-order valence-electron chi connectivity index (χ0n) is 14.1. The van der Waals surface area contributed by atoms with Crippen LogP contribution in [0.15, 0.2) is 23.0 Å². The summed E-state index contributed by atoms with van der Waals surface area (Å²) in [6.07, 6.45) is 3.75. The number of amides is 1. The standard InChI is InChI=1S/C16H23N5O3/c1-12-8-18-21(10-12)13(2)9-17-16(22)15-7-14(24-19-15)11-20-3-5-23-6-4-20/h7-8,10,13H,3-6,9,11H2,1-2H3,(H,17,22). The molecule has 0 bridgehead atoms. The first kappa shape index (κ1) is 16.7. The van der Waals surface area contributed by atoms with Crippen molar-refractivity contribution in [3.8, 4) is 0 Å². The monoisotopic (exact) mass is 333 g/mol. The van der Waals surface area contributed by atoms with Crippen molar-refractivity contribution in [2.75, 3.05) is 32.8 Å². The van der Waals surface area contributed by atoms with Crippen molar-refractivity contribution in [2.45, 2.75) is 26.4 Å². The minimum atomic E-state index is -0.234. The smallest absolute Gasteiger partial charge is 0.273 e. The van der Waals surface area contributed by atoms with Crippen LogP contribution in [0.5, 0.6) is 0 Å². The third-order valence-corrected chi connectivity index (χ3v) is 4.01. The molecule has 8 nitrogen and oxygen atoms in total. The Balaban J connectivity index is 1.50. The minimum absolute atomic E-state index is 0.0716. The van der Waals surface area contributed by atoms with E-state index < -0.39 is 0 Å². The van der Waals surface area contributed by atoms with E-state index in [9.17, 15) is 4.79 Å². The summed E-state index contributed by atoms with van der Waals surface area (Å²) in [5, 5.41) is 11.0. The number of hydrogen-bond donors (Lipinski definition) is 1. The summed E-state index contributed by atoms with van der Waals surface area (Å²) in [4.78, 5) is 14.4. The fraction of sp³-hybridized carbons (Fsp3) is 0.562. The van der Waals surface area contributed by atoms with E-state index in [4.69, 9.17) is 9.26 Å². The number of aromatic nitrogens is 3. The molecule has 3 rings (SSSR count). The van der Waals surface area contributed by atoms with Crippen molar-refractivity contribution >= 4 is 5.91 Å². The van der Waals surface area contributed by atoms with E-state index in [0.717, 1.165) is 31.9 Å². The Labute approximate surface area is 140 Å². The summed E-state index contributed by atoms with van der Waals surface area (Å²) < 4.78 is 12.4. The fourth-order valence-electron chi connectivity index (χ4n) is 2.57. The largest absolute Gasteiger partial charge is 0.379 e. The van der Waals surface area contributed by atoms with Gasteiger partial charge in [-0.05, 0) is 19.4 Å². The predicted octanol–water partition coefficient (Wildman–Crippen LogP) is 1.00. The maximum absolute atomic E-state index is 12.2. The summed E-state index contributed by atoms with van der Waals surface area (Å²) in [6.45, 7) is 8.29. The first-order chi connectivity index (χ1) is 11.6. The zero-order valence-corrected chi connectivity index (χ0v) is 14.1. The van der Waals surface area contributed by atoms with Crippen LogP contribution < -0.4 is 5.32 Å². The Morgan fingerprint density at radius 1 is 1.42 bits per heavy atom. The number of morpholine rings is 1. The van der Waals surface area contributed by atoms with E-state index >= 15 is 0 Å². The first-order valence-electron chi connectivity index (χ1n) is 8.16. The van der Waals surface area contributed by atoms with Crippen molar-refractivity contribution in [1.29, 1.82) is 0 Å². The van der Waals surface area contributed by atoms with Crippen molar-refractivity contribution in [2.24, 2.45) is 0 Å². The highest BCUT2D eigenvalue weighted by atomic mass is 16.5. The highest BCUT2D eigenvalue weighted by Crippen LogP contribution is 2.10. The molecule has 2 aromatic rings. The lowest BCUT2D eigenvalue weighted by Crippen LogP contribution is -2.35. The molecule has 3 heterocycles. The average molecular weight is 333 g/mol. The average Bonchev–Trinajstić information content (AvgIpc) is 3.22. The molecule has 0 aliphatic carbocycles. The normalized spacial score (nSPS) is 16.9. The third kappa shape index (κ3) is 4.21. The fourth-order valence-corrected chi connectivity index (χ4v) is 2.57. The van der Waals surface area contributed by atoms with Gasteiger partial charge in [-0.25, -0.2) is 0 Å². The Kier molecular flexibility index (Phi) is 5.27. The topological polar surface area (TPSA) is 85.4 Å². The van der Waals surface area contributed by atoms with Gasteiger partial charge in [-0.3, -0.25) is 14.4 Å². The van der Waals surface area contributed by atoms with E-state index in [1.165, 1.54) is 0 Å². The maximum Gasteiger partial charge on any atom is 0.273 e. The predicted molar refractivity (Wildman–Crippen MR) is 86.6 cm³/mol. The summed E-state index contributed by atoms with van der Waals surface area (Å²) in [6, 6.07) is 1.77. The highest BCUT2D eigenvalue weighted by Gasteiger charge is 2.17. The molecule has 8 heteroatoms. The molecule has 0 aromatic carbocycles. The van der Waals surface area contributed by atoms with E-state index in [1.807, 2.05) is 24.7 Å². The van der Waals surface area contributed by atoms with Gasteiger partial charge in [0.1, 0.15) is 0 Å². The molecule has 1 atom stereocenters. The van der Waals surface area contributed by atoms with Crippen molar-refractivity contribution in [1.82, 2.24) is 25.2 Å². The molecule has 2 aromatic heterocycles. The molecule has 1 N–H and O–H groups in total. The quantitative estimate of drug-likeness (QED) is 0.849. The Morgan fingerprint density at radius 3 is 2.92 bits per heavy atom. The third-order valence-electron chi connectivity index (χ3n) is 4.01. The molecule has 1 saturated heterocycles. The van der Waals surface area contributed by atoms with Crippen LogP contribution in [0.1, 0.15) is 34.8 Å². The van der Waals surface area contributed by atoms with Gasteiger partial charge in [0.25, 0.3) is 5.91 Å². The number of nitrogens with zero attached hydrogens (tertiary/aromatic N) is 4.